The molecule has 0 aliphatic heterocycles. The van der Waals surface area contributed by atoms with E-state index >= 15 is 0 Å². The fourth-order valence-corrected chi connectivity index (χ4v) is 2.49. The van der Waals surface area contributed by atoms with Crippen molar-refractivity contribution in [3.8, 4) is 0 Å². The number of hydrogen-bond donors (Lipinski definition) is 1. The van der Waals surface area contributed by atoms with Crippen molar-refractivity contribution >= 4 is 29.2 Å². The molecule has 0 aromatic carbocycles. The fraction of sp³-hybridized carbons (Fsp3) is 0.636. The Bertz CT molecular complexity index is 404. The largest absolute Gasteiger partial charge is 0.366 e. The smallest absolute Gasteiger partial charge is 0.171 e. The first-order valence-electron chi connectivity index (χ1n) is 5.36. The molecular formula is C11H16ClN3S. The van der Waals surface area contributed by atoms with Crippen molar-refractivity contribution in [1.82, 2.24) is 9.97 Å². The average molecular weight is 258 g/mol. The second-order valence-corrected chi connectivity index (χ2v) is 5.91. The van der Waals surface area contributed by atoms with Gasteiger partial charge in [-0.05, 0) is 32.9 Å². The average Bonchev–Trinajstić information content (AvgIpc) is 3.02. The van der Waals surface area contributed by atoms with E-state index in [9.17, 15) is 0 Å². The molecule has 1 N–H and O–H groups in total. The molecule has 2 rings (SSSR count). The van der Waals surface area contributed by atoms with Crippen LogP contribution in [0, 0.1) is 13.8 Å². The van der Waals surface area contributed by atoms with Gasteiger partial charge in [0.05, 0.1) is 11.4 Å². The maximum Gasteiger partial charge on any atom is 0.171 e. The zero-order valence-electron chi connectivity index (χ0n) is 9.80. The second kappa shape index (κ2) is 4.41. The van der Waals surface area contributed by atoms with Crippen LogP contribution in [-0.2, 0) is 0 Å². The van der Waals surface area contributed by atoms with Gasteiger partial charge in [-0.25, -0.2) is 9.97 Å². The van der Waals surface area contributed by atoms with E-state index in [1.54, 1.807) is 0 Å². The Balaban J connectivity index is 2.07. The monoisotopic (exact) mass is 257 g/mol. The minimum absolute atomic E-state index is 0.407. The maximum atomic E-state index is 6.05. The summed E-state index contributed by atoms with van der Waals surface area (Å²) < 4.78 is 0.407. The van der Waals surface area contributed by atoms with Crippen LogP contribution >= 0.6 is 23.4 Å². The predicted molar refractivity (Wildman–Crippen MR) is 70.5 cm³/mol. The molecule has 1 fully saturated rings. The molecule has 16 heavy (non-hydrogen) atoms. The molecule has 1 saturated carbocycles. The predicted octanol–water partition coefficient (Wildman–Crippen LogP) is 3.05. The lowest BCUT2D eigenvalue weighted by molar-refractivity contribution is 0.928. The molecule has 0 bridgehead atoms. The van der Waals surface area contributed by atoms with Gasteiger partial charge in [0.15, 0.2) is 11.0 Å². The lowest BCUT2D eigenvalue weighted by Gasteiger charge is -2.14. The van der Waals surface area contributed by atoms with Crippen molar-refractivity contribution in [1.29, 1.82) is 0 Å². The zero-order valence-corrected chi connectivity index (χ0v) is 11.4. The van der Waals surface area contributed by atoms with E-state index in [4.69, 9.17) is 11.6 Å². The minimum atomic E-state index is 0.407. The van der Waals surface area contributed by atoms with Crippen LogP contribution in [-0.4, -0.2) is 27.5 Å². The third-order valence-electron chi connectivity index (χ3n) is 3.08. The van der Waals surface area contributed by atoms with Crippen molar-refractivity contribution in [3.05, 3.63) is 16.5 Å². The molecular weight excluding hydrogens is 242 g/mol. The summed E-state index contributed by atoms with van der Waals surface area (Å²) >= 11 is 7.97. The highest BCUT2D eigenvalue weighted by atomic mass is 35.5. The van der Waals surface area contributed by atoms with E-state index in [0.29, 0.717) is 15.7 Å². The first-order valence-corrected chi connectivity index (χ1v) is 6.96. The second-order valence-electron chi connectivity index (χ2n) is 4.27. The third kappa shape index (κ3) is 2.43. The number of anilines is 1. The van der Waals surface area contributed by atoms with Crippen LogP contribution in [0.15, 0.2) is 0 Å². The molecule has 0 saturated heterocycles. The summed E-state index contributed by atoms with van der Waals surface area (Å²) in [4.78, 5) is 8.68. The van der Waals surface area contributed by atoms with Crippen LogP contribution < -0.4 is 5.32 Å². The summed E-state index contributed by atoms with van der Waals surface area (Å²) in [5.41, 5.74) is 1.82. The molecule has 88 valence electrons. The van der Waals surface area contributed by atoms with Crippen molar-refractivity contribution in [2.24, 2.45) is 0 Å². The van der Waals surface area contributed by atoms with E-state index in [1.807, 2.05) is 25.6 Å². The number of thioether (sulfide) groups is 1. The van der Waals surface area contributed by atoms with Crippen LogP contribution in [0.5, 0.6) is 0 Å². The van der Waals surface area contributed by atoms with Gasteiger partial charge in [-0.1, -0.05) is 11.6 Å². The molecule has 0 atom stereocenters. The topological polar surface area (TPSA) is 37.8 Å². The van der Waals surface area contributed by atoms with Crippen LogP contribution in [0.2, 0.25) is 5.15 Å². The molecule has 5 heteroatoms. The van der Waals surface area contributed by atoms with Gasteiger partial charge in [-0.2, -0.15) is 11.8 Å². The Labute approximate surface area is 105 Å². The van der Waals surface area contributed by atoms with E-state index in [0.717, 1.165) is 17.9 Å². The number of hydrogen-bond acceptors (Lipinski definition) is 4. The summed E-state index contributed by atoms with van der Waals surface area (Å²) in [6.45, 7) is 4.79. The number of aryl methyl sites for hydroxylation is 2. The van der Waals surface area contributed by atoms with Crippen molar-refractivity contribution in [2.75, 3.05) is 18.1 Å². The van der Waals surface area contributed by atoms with E-state index < -0.39 is 0 Å². The highest BCUT2D eigenvalue weighted by Crippen LogP contribution is 2.47. The molecule has 1 aromatic heterocycles. The SMILES string of the molecule is CSC1(CNc2nc(C)c(C)nc2Cl)CC1. The first-order chi connectivity index (χ1) is 7.56. The molecule has 0 amide bonds. The summed E-state index contributed by atoms with van der Waals surface area (Å²) in [5, 5.41) is 3.78. The lowest BCUT2D eigenvalue weighted by Crippen LogP contribution is -2.18. The van der Waals surface area contributed by atoms with Crippen LogP contribution in [0.25, 0.3) is 0 Å². The molecule has 1 heterocycles. The summed E-state index contributed by atoms with van der Waals surface area (Å²) in [5.74, 6) is 0.713. The van der Waals surface area contributed by atoms with Gasteiger partial charge >= 0.3 is 0 Å². The highest BCUT2D eigenvalue weighted by Gasteiger charge is 2.41. The molecule has 1 aliphatic rings. The number of aromatic nitrogens is 2. The van der Waals surface area contributed by atoms with E-state index in [1.165, 1.54) is 12.8 Å². The highest BCUT2D eigenvalue weighted by molar-refractivity contribution is 8.00. The van der Waals surface area contributed by atoms with Crippen molar-refractivity contribution in [3.63, 3.8) is 0 Å². The van der Waals surface area contributed by atoms with E-state index in [2.05, 4.69) is 21.5 Å². The molecule has 0 spiro atoms. The van der Waals surface area contributed by atoms with Crippen LogP contribution in [0.4, 0.5) is 5.82 Å². The normalized spacial score (nSPS) is 17.2. The fourth-order valence-electron chi connectivity index (χ4n) is 1.53. The van der Waals surface area contributed by atoms with Crippen LogP contribution in [0.1, 0.15) is 24.2 Å². The Kier molecular flexibility index (Phi) is 3.31. The van der Waals surface area contributed by atoms with Gasteiger partial charge in [-0.15, -0.1) is 0 Å². The molecule has 1 aromatic rings. The van der Waals surface area contributed by atoms with Gasteiger partial charge in [-0.3, -0.25) is 0 Å². The summed E-state index contributed by atoms with van der Waals surface area (Å²) in [7, 11) is 0. The van der Waals surface area contributed by atoms with Gasteiger partial charge in [0.1, 0.15) is 0 Å². The van der Waals surface area contributed by atoms with Gasteiger partial charge in [0.2, 0.25) is 0 Å². The number of nitrogens with zero attached hydrogens (tertiary/aromatic N) is 2. The Hall–Kier alpha value is -0.480. The van der Waals surface area contributed by atoms with Gasteiger partial charge in [0, 0.05) is 11.3 Å². The Morgan fingerprint density at radius 1 is 1.31 bits per heavy atom. The number of nitrogens with one attached hydrogen (secondary N) is 1. The minimum Gasteiger partial charge on any atom is -0.366 e. The zero-order chi connectivity index (χ0) is 11.8. The molecule has 3 nitrogen and oxygen atoms in total. The first kappa shape index (κ1) is 12.0. The lowest BCUT2D eigenvalue weighted by atomic mass is 10.3. The summed E-state index contributed by atoms with van der Waals surface area (Å²) in [6, 6.07) is 0. The summed E-state index contributed by atoms with van der Waals surface area (Å²) in [6.07, 6.45) is 4.70. The van der Waals surface area contributed by atoms with E-state index in [-0.39, 0.29) is 0 Å². The number of halogens is 1. The van der Waals surface area contributed by atoms with Crippen molar-refractivity contribution in [2.45, 2.75) is 31.4 Å². The molecule has 0 radical (unpaired) electrons. The maximum absolute atomic E-state index is 6.05. The van der Waals surface area contributed by atoms with Gasteiger partial charge in [0.25, 0.3) is 0 Å². The number of rotatable bonds is 4. The van der Waals surface area contributed by atoms with Crippen molar-refractivity contribution < 1.29 is 0 Å². The standard InChI is InChI=1S/C11H16ClN3S/c1-7-8(2)15-10(9(12)14-7)13-6-11(16-3)4-5-11/h4-6H2,1-3H3,(H,13,15). The third-order valence-corrected chi connectivity index (χ3v) is 4.77. The molecule has 1 aliphatic carbocycles. The van der Waals surface area contributed by atoms with Crippen LogP contribution in [0.3, 0.4) is 0 Å². The molecule has 0 unspecified atom stereocenters. The van der Waals surface area contributed by atoms with Gasteiger partial charge < -0.3 is 5.32 Å². The Morgan fingerprint density at radius 2 is 1.94 bits per heavy atom. The quantitative estimate of drug-likeness (QED) is 0.900. The Morgan fingerprint density at radius 3 is 2.50 bits per heavy atom.